The van der Waals surface area contributed by atoms with E-state index in [1.807, 2.05) is 0 Å². The van der Waals surface area contributed by atoms with Gasteiger partial charge in [0.05, 0.1) is 10.7 Å². The lowest BCUT2D eigenvalue weighted by atomic mass is 10.1. The lowest BCUT2D eigenvalue weighted by Gasteiger charge is -2.19. The van der Waals surface area contributed by atoms with Gasteiger partial charge in [0.15, 0.2) is 0 Å². The Labute approximate surface area is 174 Å². The van der Waals surface area contributed by atoms with Crippen molar-refractivity contribution in [2.45, 2.75) is 39.8 Å². The van der Waals surface area contributed by atoms with Crippen LogP contribution in [0.3, 0.4) is 0 Å². The van der Waals surface area contributed by atoms with Crippen LogP contribution in [-0.2, 0) is 16.1 Å². The molecule has 0 atom stereocenters. The normalized spacial score (nSPS) is 10.8. The van der Waals surface area contributed by atoms with Crippen LogP contribution in [0.15, 0.2) is 42.5 Å². The summed E-state index contributed by atoms with van der Waals surface area (Å²) in [5, 5.41) is 8.33. The first-order valence-electron chi connectivity index (χ1n) is 8.98. The molecule has 0 bridgehead atoms. The largest absolute Gasteiger partial charge is 0.444 e. The van der Waals surface area contributed by atoms with Crippen molar-refractivity contribution in [1.29, 1.82) is 0 Å². The molecule has 0 saturated heterocycles. The number of amides is 3. The van der Waals surface area contributed by atoms with Crippen molar-refractivity contribution in [3.05, 3.63) is 58.6 Å². The minimum atomic E-state index is -0.560. The number of nitrogens with one attached hydrogen (secondary N) is 3. The summed E-state index contributed by atoms with van der Waals surface area (Å²) in [6, 6.07) is 11.6. The number of alkyl carbamates (subject to hydrolysis) is 1. The predicted molar refractivity (Wildman–Crippen MR) is 113 cm³/mol. The maximum absolute atomic E-state index is 12.4. The van der Waals surface area contributed by atoms with Gasteiger partial charge in [0.2, 0.25) is 5.91 Å². The Hall–Kier alpha value is -3.06. The smallest absolute Gasteiger partial charge is 0.407 e. The second-order valence-electron chi connectivity index (χ2n) is 7.38. The number of hydrogen-bond donors (Lipinski definition) is 3. The Morgan fingerprint density at radius 2 is 1.66 bits per heavy atom. The Bertz CT molecular complexity index is 905. The van der Waals surface area contributed by atoms with E-state index in [-0.39, 0.29) is 18.4 Å². The highest BCUT2D eigenvalue weighted by Crippen LogP contribution is 2.25. The number of halogens is 1. The number of anilines is 2. The minimum absolute atomic E-state index is 0.232. The zero-order chi connectivity index (χ0) is 21.6. The molecule has 2 rings (SSSR count). The van der Waals surface area contributed by atoms with Gasteiger partial charge in [-0.05, 0) is 56.7 Å². The molecule has 0 heterocycles. The van der Waals surface area contributed by atoms with Crippen LogP contribution in [0.5, 0.6) is 0 Å². The molecule has 0 saturated carbocycles. The summed E-state index contributed by atoms with van der Waals surface area (Å²) in [7, 11) is 0. The molecule has 0 unspecified atom stereocenters. The van der Waals surface area contributed by atoms with E-state index in [2.05, 4.69) is 16.0 Å². The van der Waals surface area contributed by atoms with E-state index >= 15 is 0 Å². The molecule has 0 aliphatic rings. The fourth-order valence-electron chi connectivity index (χ4n) is 2.35. The van der Waals surface area contributed by atoms with Gasteiger partial charge < -0.3 is 20.7 Å². The molecule has 2 aromatic carbocycles. The summed E-state index contributed by atoms with van der Waals surface area (Å²) in [5.74, 6) is -0.537. The highest BCUT2D eigenvalue weighted by molar-refractivity contribution is 6.34. The topological polar surface area (TPSA) is 96.5 Å². The Morgan fingerprint density at radius 3 is 2.21 bits per heavy atom. The van der Waals surface area contributed by atoms with Gasteiger partial charge in [0.1, 0.15) is 5.60 Å². The van der Waals surface area contributed by atoms with Gasteiger partial charge in [-0.25, -0.2) is 4.79 Å². The van der Waals surface area contributed by atoms with E-state index in [1.165, 1.54) is 6.92 Å². The van der Waals surface area contributed by atoms with Crippen LogP contribution in [0.2, 0.25) is 5.02 Å². The van der Waals surface area contributed by atoms with Crippen LogP contribution >= 0.6 is 11.6 Å². The van der Waals surface area contributed by atoms with Gasteiger partial charge in [-0.3, -0.25) is 9.59 Å². The first kappa shape index (κ1) is 22.2. The quantitative estimate of drug-likeness (QED) is 0.663. The highest BCUT2D eigenvalue weighted by Gasteiger charge is 2.15. The molecule has 0 aliphatic carbocycles. The lowest BCUT2D eigenvalue weighted by Crippen LogP contribution is -2.32. The Balaban J connectivity index is 1.94. The second kappa shape index (κ2) is 9.43. The molecular weight excluding hydrogens is 394 g/mol. The fourth-order valence-corrected chi connectivity index (χ4v) is 2.58. The number of benzene rings is 2. The highest BCUT2D eigenvalue weighted by atomic mass is 35.5. The van der Waals surface area contributed by atoms with Gasteiger partial charge in [-0.2, -0.15) is 0 Å². The van der Waals surface area contributed by atoms with Gasteiger partial charge in [-0.15, -0.1) is 0 Å². The first-order valence-corrected chi connectivity index (χ1v) is 9.35. The number of hydrogen-bond acceptors (Lipinski definition) is 4. The SMILES string of the molecule is CC(=O)Nc1ccc(NC(=O)c2ccc(CNC(=O)OC(C)(C)C)cc2)cc1Cl. The summed E-state index contributed by atoms with van der Waals surface area (Å²) in [6.07, 6.45) is -0.501. The zero-order valence-corrected chi connectivity index (χ0v) is 17.5. The van der Waals surface area contributed by atoms with E-state index in [0.29, 0.717) is 22.0 Å². The van der Waals surface area contributed by atoms with E-state index in [1.54, 1.807) is 63.2 Å². The Morgan fingerprint density at radius 1 is 1.00 bits per heavy atom. The van der Waals surface area contributed by atoms with E-state index in [4.69, 9.17) is 16.3 Å². The van der Waals surface area contributed by atoms with Crippen molar-refractivity contribution in [3.63, 3.8) is 0 Å². The summed E-state index contributed by atoms with van der Waals surface area (Å²) in [5.41, 5.74) is 1.70. The fraction of sp³-hybridized carbons (Fsp3) is 0.286. The predicted octanol–water partition coefficient (Wildman–Crippen LogP) is 4.58. The Kier molecular flexibility index (Phi) is 7.23. The van der Waals surface area contributed by atoms with E-state index in [9.17, 15) is 14.4 Å². The van der Waals surface area contributed by atoms with Gasteiger partial charge in [0.25, 0.3) is 5.91 Å². The van der Waals surface area contributed by atoms with Crippen LogP contribution in [0.1, 0.15) is 43.6 Å². The van der Waals surface area contributed by atoms with Crippen molar-refractivity contribution < 1.29 is 19.1 Å². The van der Waals surface area contributed by atoms with Crippen LogP contribution in [0.4, 0.5) is 16.2 Å². The number of rotatable bonds is 5. The molecule has 0 spiro atoms. The summed E-state index contributed by atoms with van der Waals surface area (Å²) >= 11 is 6.11. The van der Waals surface area contributed by atoms with E-state index in [0.717, 1.165) is 5.56 Å². The number of carbonyl (C=O) groups excluding carboxylic acids is 3. The second-order valence-corrected chi connectivity index (χ2v) is 7.79. The average molecular weight is 418 g/mol. The average Bonchev–Trinajstić information content (AvgIpc) is 2.61. The van der Waals surface area contributed by atoms with Gasteiger partial charge >= 0.3 is 6.09 Å². The number of carbonyl (C=O) groups is 3. The molecule has 8 heteroatoms. The third kappa shape index (κ3) is 7.46. The molecule has 3 N–H and O–H groups in total. The van der Waals surface area contributed by atoms with Crippen LogP contribution in [0, 0.1) is 0 Å². The lowest BCUT2D eigenvalue weighted by molar-refractivity contribution is -0.114. The molecule has 2 aromatic rings. The van der Waals surface area contributed by atoms with Crippen molar-refractivity contribution in [3.8, 4) is 0 Å². The van der Waals surface area contributed by atoms with Crippen molar-refractivity contribution in [2.24, 2.45) is 0 Å². The summed E-state index contributed by atoms with van der Waals surface area (Å²) < 4.78 is 5.18. The maximum atomic E-state index is 12.4. The molecular formula is C21H24ClN3O4. The minimum Gasteiger partial charge on any atom is -0.444 e. The van der Waals surface area contributed by atoms with Gasteiger partial charge in [0, 0.05) is 24.7 Å². The van der Waals surface area contributed by atoms with Crippen molar-refractivity contribution in [2.75, 3.05) is 10.6 Å². The maximum Gasteiger partial charge on any atom is 0.407 e. The standard InChI is InChI=1S/C21H24ClN3O4/c1-13(26)24-18-10-9-16(11-17(18)22)25-19(27)15-7-5-14(6-8-15)12-23-20(28)29-21(2,3)4/h5-11H,12H2,1-4H3,(H,23,28)(H,24,26)(H,25,27). The molecule has 0 aliphatic heterocycles. The molecule has 29 heavy (non-hydrogen) atoms. The first-order chi connectivity index (χ1) is 13.5. The van der Waals surface area contributed by atoms with Crippen LogP contribution < -0.4 is 16.0 Å². The monoisotopic (exact) mass is 417 g/mol. The number of ether oxygens (including phenoxy) is 1. The summed E-state index contributed by atoms with van der Waals surface area (Å²) in [4.78, 5) is 35.2. The molecule has 3 amide bonds. The summed E-state index contributed by atoms with van der Waals surface area (Å²) in [6.45, 7) is 7.05. The van der Waals surface area contributed by atoms with Crippen LogP contribution in [-0.4, -0.2) is 23.5 Å². The van der Waals surface area contributed by atoms with Gasteiger partial charge in [-0.1, -0.05) is 23.7 Å². The molecule has 0 aromatic heterocycles. The molecule has 0 fully saturated rings. The van der Waals surface area contributed by atoms with E-state index < -0.39 is 11.7 Å². The van der Waals surface area contributed by atoms with Crippen molar-refractivity contribution in [1.82, 2.24) is 5.32 Å². The molecule has 0 radical (unpaired) electrons. The van der Waals surface area contributed by atoms with Crippen LogP contribution in [0.25, 0.3) is 0 Å². The zero-order valence-electron chi connectivity index (χ0n) is 16.8. The van der Waals surface area contributed by atoms with Crippen molar-refractivity contribution >= 4 is 40.9 Å². The molecule has 7 nitrogen and oxygen atoms in total. The third-order valence-electron chi connectivity index (χ3n) is 3.59. The molecule has 154 valence electrons. The third-order valence-corrected chi connectivity index (χ3v) is 3.90.